The molecule has 24 heavy (non-hydrogen) atoms. The SMILES string of the molecule is COC(=O)C(OC)[C@@H](Cc1ccc(-c2cccc(Cl)c2)cc1)NCl. The highest BCUT2D eigenvalue weighted by Crippen LogP contribution is 2.23. The maximum absolute atomic E-state index is 11.7. The Kier molecular flexibility index (Phi) is 7.06. The number of carbonyl (C=O) groups is 1. The summed E-state index contributed by atoms with van der Waals surface area (Å²) in [6, 6.07) is 15.3. The van der Waals surface area contributed by atoms with Gasteiger partial charge in [0.25, 0.3) is 0 Å². The van der Waals surface area contributed by atoms with E-state index in [4.69, 9.17) is 32.9 Å². The molecule has 6 heteroatoms. The highest BCUT2D eigenvalue weighted by molar-refractivity contribution is 6.30. The molecule has 0 saturated heterocycles. The van der Waals surface area contributed by atoms with Crippen molar-refractivity contribution in [3.63, 3.8) is 0 Å². The lowest BCUT2D eigenvalue weighted by molar-refractivity contribution is -0.153. The number of esters is 1. The fourth-order valence-corrected chi connectivity index (χ4v) is 2.88. The Labute approximate surface area is 151 Å². The topological polar surface area (TPSA) is 47.6 Å². The minimum absolute atomic E-state index is 0.402. The van der Waals surface area contributed by atoms with E-state index >= 15 is 0 Å². The number of hydrogen-bond acceptors (Lipinski definition) is 4. The van der Waals surface area contributed by atoms with Gasteiger partial charge in [-0.15, -0.1) is 0 Å². The lowest BCUT2D eigenvalue weighted by atomic mass is 9.98. The molecule has 2 atom stereocenters. The number of halogens is 2. The van der Waals surface area contributed by atoms with Crippen molar-refractivity contribution in [1.82, 2.24) is 4.84 Å². The molecular formula is C18H19Cl2NO3. The molecule has 0 radical (unpaired) electrons. The molecule has 0 spiro atoms. The number of methoxy groups -OCH3 is 2. The maximum Gasteiger partial charge on any atom is 0.336 e. The van der Waals surface area contributed by atoms with Crippen molar-refractivity contribution in [3.05, 3.63) is 59.1 Å². The number of nitrogens with one attached hydrogen (secondary N) is 1. The summed E-state index contributed by atoms with van der Waals surface area (Å²) in [4.78, 5) is 14.3. The summed E-state index contributed by atoms with van der Waals surface area (Å²) in [5, 5.41) is 0.698. The summed E-state index contributed by atoms with van der Waals surface area (Å²) in [5.74, 6) is -0.466. The molecule has 4 nitrogen and oxygen atoms in total. The van der Waals surface area contributed by atoms with Crippen molar-refractivity contribution in [2.45, 2.75) is 18.6 Å². The van der Waals surface area contributed by atoms with Crippen molar-refractivity contribution in [2.24, 2.45) is 0 Å². The van der Waals surface area contributed by atoms with Gasteiger partial charge in [0.1, 0.15) is 0 Å². The number of benzene rings is 2. The van der Waals surface area contributed by atoms with Crippen LogP contribution in [0.3, 0.4) is 0 Å². The number of hydrogen-bond donors (Lipinski definition) is 1. The molecular weight excluding hydrogens is 349 g/mol. The molecule has 2 aromatic rings. The van der Waals surface area contributed by atoms with E-state index in [1.807, 2.05) is 48.5 Å². The smallest absolute Gasteiger partial charge is 0.336 e. The van der Waals surface area contributed by atoms with Crippen molar-refractivity contribution in [2.75, 3.05) is 14.2 Å². The summed E-state index contributed by atoms with van der Waals surface area (Å²) < 4.78 is 9.94. The first kappa shape index (κ1) is 18.7. The van der Waals surface area contributed by atoms with E-state index in [2.05, 4.69) is 4.84 Å². The zero-order valence-corrected chi connectivity index (χ0v) is 15.0. The highest BCUT2D eigenvalue weighted by Gasteiger charge is 2.28. The molecule has 0 aliphatic rings. The first-order valence-electron chi connectivity index (χ1n) is 7.40. The van der Waals surface area contributed by atoms with Gasteiger partial charge in [-0.1, -0.05) is 48.0 Å². The third kappa shape index (κ3) is 4.71. The zero-order valence-electron chi connectivity index (χ0n) is 13.5. The molecule has 0 fully saturated rings. The molecule has 0 aliphatic carbocycles. The van der Waals surface area contributed by atoms with Gasteiger partial charge in [-0.3, -0.25) is 0 Å². The molecule has 0 saturated carbocycles. The average molecular weight is 368 g/mol. The van der Waals surface area contributed by atoms with Gasteiger partial charge in [-0.2, -0.15) is 0 Å². The van der Waals surface area contributed by atoms with E-state index in [0.717, 1.165) is 16.7 Å². The third-order valence-corrected chi connectivity index (χ3v) is 4.28. The minimum atomic E-state index is -0.778. The van der Waals surface area contributed by atoms with Gasteiger partial charge in [0.05, 0.1) is 13.2 Å². The van der Waals surface area contributed by atoms with E-state index in [-0.39, 0.29) is 0 Å². The van der Waals surface area contributed by atoms with Crippen LogP contribution in [-0.2, 0) is 20.7 Å². The predicted molar refractivity (Wildman–Crippen MR) is 96.2 cm³/mol. The Morgan fingerprint density at radius 2 is 1.83 bits per heavy atom. The first-order valence-corrected chi connectivity index (χ1v) is 8.16. The van der Waals surface area contributed by atoms with Crippen molar-refractivity contribution >= 4 is 29.3 Å². The van der Waals surface area contributed by atoms with Crippen LogP contribution >= 0.6 is 23.4 Å². The molecule has 0 aromatic heterocycles. The van der Waals surface area contributed by atoms with E-state index < -0.39 is 18.1 Å². The van der Waals surface area contributed by atoms with Crippen LogP contribution in [0.5, 0.6) is 0 Å². The lowest BCUT2D eigenvalue weighted by Crippen LogP contribution is -2.44. The molecule has 2 rings (SSSR count). The van der Waals surface area contributed by atoms with Gasteiger partial charge in [-0.25, -0.2) is 9.63 Å². The summed E-state index contributed by atoms with van der Waals surface area (Å²) in [6.07, 6.45) is -0.257. The quantitative estimate of drug-likeness (QED) is 0.596. The molecule has 1 unspecified atom stereocenters. The van der Waals surface area contributed by atoms with Crippen LogP contribution in [0, 0.1) is 0 Å². The molecule has 0 aliphatic heterocycles. The van der Waals surface area contributed by atoms with E-state index in [9.17, 15) is 4.79 Å². The Morgan fingerprint density at radius 1 is 1.12 bits per heavy atom. The van der Waals surface area contributed by atoms with Gasteiger partial charge in [0.15, 0.2) is 6.10 Å². The molecule has 1 N–H and O–H groups in total. The van der Waals surface area contributed by atoms with Crippen LogP contribution in [-0.4, -0.2) is 32.3 Å². The van der Waals surface area contributed by atoms with Crippen LogP contribution in [0.4, 0.5) is 0 Å². The summed E-state index contributed by atoms with van der Waals surface area (Å²) >= 11 is 11.8. The number of ether oxygens (including phenoxy) is 2. The van der Waals surface area contributed by atoms with E-state index in [1.54, 1.807) is 0 Å². The van der Waals surface area contributed by atoms with Crippen molar-refractivity contribution in [1.29, 1.82) is 0 Å². The van der Waals surface area contributed by atoms with Crippen LogP contribution in [0.1, 0.15) is 5.56 Å². The molecule has 128 valence electrons. The fraction of sp³-hybridized carbons (Fsp3) is 0.278. The molecule has 0 bridgehead atoms. The Hall–Kier alpha value is -1.59. The standard InChI is InChI=1S/C18H19Cl2NO3/c1-23-17(18(22)24-2)16(21-20)10-12-6-8-13(9-7-12)14-4-3-5-15(19)11-14/h3-9,11,16-17,21H,10H2,1-2H3/t16-,17?/m1/s1. The summed E-state index contributed by atoms with van der Waals surface area (Å²) in [7, 11) is 2.77. The lowest BCUT2D eigenvalue weighted by Gasteiger charge is -2.22. The number of carbonyl (C=O) groups excluding carboxylic acids is 1. The first-order chi connectivity index (χ1) is 11.6. The van der Waals surface area contributed by atoms with Crippen LogP contribution in [0.2, 0.25) is 5.02 Å². The average Bonchev–Trinajstić information content (AvgIpc) is 2.61. The molecule has 0 heterocycles. The number of rotatable bonds is 7. The normalized spacial score (nSPS) is 13.3. The highest BCUT2D eigenvalue weighted by atomic mass is 35.5. The molecule has 0 amide bonds. The van der Waals surface area contributed by atoms with E-state index in [1.165, 1.54) is 14.2 Å². The molecule has 2 aromatic carbocycles. The summed E-state index contributed by atoms with van der Waals surface area (Å²) in [5.41, 5.74) is 3.13. The van der Waals surface area contributed by atoms with Gasteiger partial charge in [0, 0.05) is 12.1 Å². The van der Waals surface area contributed by atoms with E-state index in [0.29, 0.717) is 11.4 Å². The van der Waals surface area contributed by atoms with Crippen LogP contribution in [0.15, 0.2) is 48.5 Å². The van der Waals surface area contributed by atoms with Gasteiger partial charge >= 0.3 is 5.97 Å². The Balaban J connectivity index is 2.13. The Bertz CT molecular complexity index is 676. The van der Waals surface area contributed by atoms with Crippen LogP contribution in [0.25, 0.3) is 11.1 Å². The monoisotopic (exact) mass is 367 g/mol. The largest absolute Gasteiger partial charge is 0.467 e. The zero-order chi connectivity index (χ0) is 17.5. The van der Waals surface area contributed by atoms with Crippen molar-refractivity contribution in [3.8, 4) is 11.1 Å². The van der Waals surface area contributed by atoms with Gasteiger partial charge in [-0.05, 0) is 47.0 Å². The van der Waals surface area contributed by atoms with Crippen LogP contribution < -0.4 is 4.84 Å². The third-order valence-electron chi connectivity index (χ3n) is 3.76. The maximum atomic E-state index is 11.7. The predicted octanol–water partition coefficient (Wildman–Crippen LogP) is 3.85. The van der Waals surface area contributed by atoms with Crippen molar-refractivity contribution < 1.29 is 14.3 Å². The minimum Gasteiger partial charge on any atom is -0.467 e. The van der Waals surface area contributed by atoms with Gasteiger partial charge in [0.2, 0.25) is 0 Å². The second-order valence-corrected chi connectivity index (χ2v) is 5.96. The second-order valence-electron chi connectivity index (χ2n) is 5.31. The Morgan fingerprint density at radius 3 is 2.38 bits per heavy atom. The summed E-state index contributed by atoms with van der Waals surface area (Å²) in [6.45, 7) is 0. The fourth-order valence-electron chi connectivity index (χ4n) is 2.50. The van der Waals surface area contributed by atoms with Gasteiger partial charge < -0.3 is 9.47 Å². The second kappa shape index (κ2) is 9.04.